The smallest absolute Gasteiger partial charge is 0.307 e. The number of anilines is 1. The molecule has 3 N–H and O–H groups in total. The van der Waals surface area contributed by atoms with Gasteiger partial charge in [0.15, 0.2) is 0 Å². The van der Waals surface area contributed by atoms with E-state index in [2.05, 4.69) is 10.6 Å². The van der Waals surface area contributed by atoms with Gasteiger partial charge < -0.3 is 15.7 Å². The first-order valence-corrected chi connectivity index (χ1v) is 8.10. The van der Waals surface area contributed by atoms with Gasteiger partial charge in [-0.2, -0.15) is 0 Å². The van der Waals surface area contributed by atoms with Gasteiger partial charge in [-0.25, -0.2) is 0 Å². The molecule has 0 spiro atoms. The van der Waals surface area contributed by atoms with Gasteiger partial charge in [0.05, 0.1) is 23.1 Å². The third-order valence-corrected chi connectivity index (χ3v) is 4.05. The second-order valence-corrected chi connectivity index (χ2v) is 5.78. The highest BCUT2D eigenvalue weighted by atomic mass is 16.4. The van der Waals surface area contributed by atoms with E-state index in [0.717, 1.165) is 6.42 Å². The quantitative estimate of drug-likeness (QED) is 0.698. The molecule has 1 aromatic rings. The number of nitrogens with one attached hydrogen (secondary N) is 2. The maximum Gasteiger partial charge on any atom is 0.307 e. The number of carbonyl (C=O) groups excluding carboxylic acids is 2. The van der Waals surface area contributed by atoms with Crippen LogP contribution in [0.1, 0.15) is 36.5 Å². The number of aliphatic carboxylic acids is 1. The van der Waals surface area contributed by atoms with Gasteiger partial charge in [-0.15, -0.1) is 0 Å². The molecule has 1 aromatic carbocycles. The fourth-order valence-electron chi connectivity index (χ4n) is 2.73. The molecule has 1 aliphatic rings. The first kappa shape index (κ1) is 17.7. The third kappa shape index (κ3) is 4.22. The predicted octanol–water partition coefficient (Wildman–Crippen LogP) is 2.43. The van der Waals surface area contributed by atoms with E-state index in [1.54, 1.807) is 30.3 Å². The van der Waals surface area contributed by atoms with E-state index in [4.69, 9.17) is 0 Å². The fourth-order valence-corrected chi connectivity index (χ4v) is 2.73. The van der Waals surface area contributed by atoms with Gasteiger partial charge in [-0.3, -0.25) is 14.4 Å². The van der Waals surface area contributed by atoms with Crippen LogP contribution < -0.4 is 10.6 Å². The van der Waals surface area contributed by atoms with Gasteiger partial charge in [0, 0.05) is 6.54 Å². The van der Waals surface area contributed by atoms with E-state index in [0.29, 0.717) is 30.6 Å². The molecule has 1 aliphatic carbocycles. The van der Waals surface area contributed by atoms with Crippen molar-refractivity contribution in [1.82, 2.24) is 5.32 Å². The number of rotatable bonds is 6. The first-order valence-electron chi connectivity index (χ1n) is 8.10. The lowest BCUT2D eigenvalue weighted by atomic mass is 9.82. The first-order chi connectivity index (χ1) is 11.5. The van der Waals surface area contributed by atoms with Crippen LogP contribution in [0.25, 0.3) is 0 Å². The topological polar surface area (TPSA) is 95.5 Å². The van der Waals surface area contributed by atoms with E-state index >= 15 is 0 Å². The Morgan fingerprint density at radius 3 is 2.46 bits per heavy atom. The van der Waals surface area contributed by atoms with Crippen LogP contribution >= 0.6 is 0 Å². The summed E-state index contributed by atoms with van der Waals surface area (Å²) in [6.45, 7) is 2.51. The molecule has 2 amide bonds. The van der Waals surface area contributed by atoms with E-state index in [1.807, 2.05) is 13.0 Å². The molecule has 0 fully saturated rings. The second kappa shape index (κ2) is 8.29. The van der Waals surface area contributed by atoms with Crippen molar-refractivity contribution in [3.63, 3.8) is 0 Å². The molecule has 0 saturated carbocycles. The molecule has 0 radical (unpaired) electrons. The van der Waals surface area contributed by atoms with Gasteiger partial charge in [-0.1, -0.05) is 31.2 Å². The van der Waals surface area contributed by atoms with Gasteiger partial charge >= 0.3 is 5.97 Å². The molecule has 0 aromatic heterocycles. The Morgan fingerprint density at radius 2 is 1.79 bits per heavy atom. The predicted molar refractivity (Wildman–Crippen MR) is 90.7 cm³/mol. The Morgan fingerprint density at radius 1 is 1.12 bits per heavy atom. The van der Waals surface area contributed by atoms with Crippen molar-refractivity contribution < 1.29 is 19.5 Å². The minimum atomic E-state index is -0.978. The second-order valence-electron chi connectivity index (χ2n) is 5.78. The number of para-hydroxylation sites is 1. The normalized spacial score (nSPS) is 19.5. The number of hydrogen-bond acceptors (Lipinski definition) is 3. The standard InChI is InChI=1S/C18H22N2O4/c1-2-11-19-16(21)14-9-5-6-10-15(14)20-17(22)12-7-3-4-8-13(12)18(23)24/h3-6,9-10,12-13H,2,7-8,11H2,1H3,(H,19,21)(H,20,22)(H,23,24)/t12-,13+/m1/s1. The van der Waals surface area contributed by atoms with Crippen LogP contribution in [0.5, 0.6) is 0 Å². The fraction of sp³-hybridized carbons (Fsp3) is 0.389. The molecule has 0 aliphatic heterocycles. The summed E-state index contributed by atoms with van der Waals surface area (Å²) in [4.78, 5) is 36.1. The van der Waals surface area contributed by atoms with Gasteiger partial charge in [-0.05, 0) is 31.4 Å². The Bertz CT molecular complexity index is 654. The summed E-state index contributed by atoms with van der Waals surface area (Å²) in [5.74, 6) is -2.99. The van der Waals surface area contributed by atoms with Crippen LogP contribution in [-0.2, 0) is 9.59 Å². The van der Waals surface area contributed by atoms with Crippen molar-refractivity contribution in [2.75, 3.05) is 11.9 Å². The summed E-state index contributed by atoms with van der Waals surface area (Å²) in [6.07, 6.45) is 5.15. The van der Waals surface area contributed by atoms with Crippen LogP contribution in [0.2, 0.25) is 0 Å². The zero-order valence-electron chi connectivity index (χ0n) is 13.6. The molecule has 0 saturated heterocycles. The number of amides is 2. The summed E-state index contributed by atoms with van der Waals surface area (Å²) in [7, 11) is 0. The zero-order valence-corrected chi connectivity index (χ0v) is 13.6. The highest BCUT2D eigenvalue weighted by molar-refractivity contribution is 6.04. The molecule has 6 nitrogen and oxygen atoms in total. The average molecular weight is 330 g/mol. The third-order valence-electron chi connectivity index (χ3n) is 4.05. The largest absolute Gasteiger partial charge is 0.481 e. The molecule has 0 unspecified atom stereocenters. The molecule has 2 atom stereocenters. The lowest BCUT2D eigenvalue weighted by Crippen LogP contribution is -2.35. The molecule has 0 heterocycles. The summed E-state index contributed by atoms with van der Waals surface area (Å²) < 4.78 is 0. The van der Waals surface area contributed by atoms with Crippen molar-refractivity contribution in [3.8, 4) is 0 Å². The Balaban J connectivity index is 2.15. The van der Waals surface area contributed by atoms with E-state index < -0.39 is 17.8 Å². The molecule has 24 heavy (non-hydrogen) atoms. The Labute approximate surface area is 140 Å². The lowest BCUT2D eigenvalue weighted by Gasteiger charge is -2.24. The van der Waals surface area contributed by atoms with Crippen LogP contribution in [0, 0.1) is 11.8 Å². The van der Waals surface area contributed by atoms with Crippen molar-refractivity contribution in [3.05, 3.63) is 42.0 Å². The number of benzene rings is 1. The Hall–Kier alpha value is -2.63. The van der Waals surface area contributed by atoms with E-state index in [1.165, 1.54) is 0 Å². The molecular weight excluding hydrogens is 308 g/mol. The van der Waals surface area contributed by atoms with Crippen LogP contribution in [0.4, 0.5) is 5.69 Å². The van der Waals surface area contributed by atoms with E-state index in [-0.39, 0.29) is 11.8 Å². The maximum atomic E-state index is 12.5. The summed E-state index contributed by atoms with van der Waals surface area (Å²) in [5.41, 5.74) is 0.771. The van der Waals surface area contributed by atoms with Crippen molar-refractivity contribution >= 4 is 23.5 Å². The minimum absolute atomic E-state index is 0.258. The summed E-state index contributed by atoms with van der Waals surface area (Å²) >= 11 is 0. The van der Waals surface area contributed by atoms with Gasteiger partial charge in [0.1, 0.15) is 0 Å². The van der Waals surface area contributed by atoms with Gasteiger partial charge in [0.25, 0.3) is 5.91 Å². The SMILES string of the molecule is CCCNC(=O)c1ccccc1NC(=O)[C@@H]1CC=CC[C@@H]1C(=O)O. The van der Waals surface area contributed by atoms with Crippen LogP contribution in [0.15, 0.2) is 36.4 Å². The number of hydrogen-bond donors (Lipinski definition) is 3. The summed E-state index contributed by atoms with van der Waals surface area (Å²) in [6, 6.07) is 6.73. The molecule has 6 heteroatoms. The number of allylic oxidation sites excluding steroid dienone is 2. The Kier molecular flexibility index (Phi) is 6.12. The number of carboxylic acid groups (broad SMARTS) is 1. The number of carbonyl (C=O) groups is 3. The number of carboxylic acids is 1. The zero-order chi connectivity index (χ0) is 17.5. The highest BCUT2D eigenvalue weighted by Gasteiger charge is 2.34. The average Bonchev–Trinajstić information content (AvgIpc) is 2.60. The lowest BCUT2D eigenvalue weighted by molar-refractivity contribution is -0.146. The highest BCUT2D eigenvalue weighted by Crippen LogP contribution is 2.27. The van der Waals surface area contributed by atoms with Crippen molar-refractivity contribution in [2.45, 2.75) is 26.2 Å². The maximum absolute atomic E-state index is 12.5. The molecule has 2 rings (SSSR count). The van der Waals surface area contributed by atoms with Crippen molar-refractivity contribution in [1.29, 1.82) is 0 Å². The minimum Gasteiger partial charge on any atom is -0.481 e. The van der Waals surface area contributed by atoms with Crippen LogP contribution in [-0.4, -0.2) is 29.4 Å². The monoisotopic (exact) mass is 330 g/mol. The van der Waals surface area contributed by atoms with Crippen molar-refractivity contribution in [2.24, 2.45) is 11.8 Å². The molecule has 128 valence electrons. The molecule has 0 bridgehead atoms. The summed E-state index contributed by atoms with van der Waals surface area (Å²) in [5, 5.41) is 14.8. The molecular formula is C18H22N2O4. The van der Waals surface area contributed by atoms with Gasteiger partial charge in [0.2, 0.25) is 5.91 Å². The van der Waals surface area contributed by atoms with Crippen LogP contribution in [0.3, 0.4) is 0 Å². The van der Waals surface area contributed by atoms with E-state index in [9.17, 15) is 19.5 Å².